The molecule has 0 radical (unpaired) electrons. The van der Waals surface area contributed by atoms with Gasteiger partial charge in [-0.1, -0.05) is 0 Å². The van der Waals surface area contributed by atoms with E-state index in [1.54, 1.807) is 4.90 Å². The number of likely N-dealkylation sites (tertiary alicyclic amines) is 1. The van der Waals surface area contributed by atoms with Gasteiger partial charge in [-0.25, -0.2) is 4.79 Å². The zero-order valence-electron chi connectivity index (χ0n) is 10.1. The topological polar surface area (TPSA) is 79.8 Å². The summed E-state index contributed by atoms with van der Waals surface area (Å²) >= 11 is 0. The number of piperidine rings is 1. The molecule has 1 saturated heterocycles. The zero-order valence-corrected chi connectivity index (χ0v) is 10.1. The number of nitrogens with zero attached hydrogens (tertiary/aromatic N) is 3. The molecule has 1 N–H and O–H groups in total. The summed E-state index contributed by atoms with van der Waals surface area (Å²) in [6.07, 6.45) is 1.23. The fourth-order valence-corrected chi connectivity index (χ4v) is 1.57. The van der Waals surface area contributed by atoms with Gasteiger partial charge < -0.3 is 9.64 Å². The molecule has 1 rings (SSSR count). The molecular formula is C10H19N4O2+. The lowest BCUT2D eigenvalue weighted by Gasteiger charge is -2.30. The largest absolute Gasteiger partial charge is 0.444 e. The average molecular weight is 227 g/mol. The molecule has 1 aliphatic heterocycles. The molecule has 0 spiro atoms. The molecule has 16 heavy (non-hydrogen) atoms. The van der Waals surface area contributed by atoms with Crippen LogP contribution in [0.4, 0.5) is 4.79 Å². The number of nitrogens with one attached hydrogen (secondary N) is 1. The summed E-state index contributed by atoms with van der Waals surface area (Å²) in [4.78, 5) is 16.4. The Bertz CT molecular complexity index is 296. The maximum absolute atomic E-state index is 11.7. The third-order valence-electron chi connectivity index (χ3n) is 2.34. The van der Waals surface area contributed by atoms with E-state index >= 15 is 0 Å². The van der Waals surface area contributed by atoms with Crippen LogP contribution in [-0.2, 0) is 4.74 Å². The van der Waals surface area contributed by atoms with Gasteiger partial charge in [0, 0.05) is 13.1 Å². The summed E-state index contributed by atoms with van der Waals surface area (Å²) in [6.45, 7) is 6.81. The van der Waals surface area contributed by atoms with Crippen LogP contribution in [0, 0.1) is 5.53 Å². The molecule has 0 aromatic heterocycles. The quantitative estimate of drug-likeness (QED) is 0.548. The number of hydrogen-bond acceptors (Lipinski definition) is 4. The lowest BCUT2D eigenvalue weighted by molar-refractivity contribution is 0.0205. The van der Waals surface area contributed by atoms with E-state index in [1.807, 2.05) is 20.8 Å². The smallest absolute Gasteiger partial charge is 0.410 e. The molecule has 1 fully saturated rings. The molecule has 1 amide bonds. The molecule has 0 aliphatic carbocycles. The first-order chi connectivity index (χ1) is 7.42. The summed E-state index contributed by atoms with van der Waals surface area (Å²) < 4.78 is 5.27. The molecule has 0 bridgehead atoms. The van der Waals surface area contributed by atoms with Gasteiger partial charge in [0.05, 0.1) is 0 Å². The van der Waals surface area contributed by atoms with Gasteiger partial charge in [-0.3, -0.25) is 0 Å². The van der Waals surface area contributed by atoms with Crippen molar-refractivity contribution in [2.45, 2.75) is 45.3 Å². The number of rotatable bonds is 1. The minimum absolute atomic E-state index is 0.0798. The van der Waals surface area contributed by atoms with Crippen LogP contribution in [0.1, 0.15) is 33.6 Å². The predicted molar refractivity (Wildman–Crippen MR) is 58.1 cm³/mol. The van der Waals surface area contributed by atoms with Crippen molar-refractivity contribution in [2.24, 2.45) is 5.11 Å². The van der Waals surface area contributed by atoms with E-state index in [-0.39, 0.29) is 12.1 Å². The number of carbonyl (C=O) groups excluding carboxylic acids is 1. The van der Waals surface area contributed by atoms with Crippen LogP contribution in [0.15, 0.2) is 5.11 Å². The lowest BCUT2D eigenvalue weighted by atomic mass is 10.1. The molecule has 0 atom stereocenters. The summed E-state index contributed by atoms with van der Waals surface area (Å²) in [6, 6.07) is 0.0798. The average Bonchev–Trinajstić information content (AvgIpc) is 2.16. The standard InChI is InChI=1S/C10H19N4O2/c1-10(2,3)16-9(15)14-6-4-8(5-7-14)12-13-11/h8,11H,4-7H2,1-3H3/q+1. The summed E-state index contributed by atoms with van der Waals surface area (Å²) in [5.74, 6) is 0. The van der Waals surface area contributed by atoms with Crippen LogP contribution in [-0.4, -0.2) is 35.7 Å². The highest BCUT2D eigenvalue weighted by Gasteiger charge is 2.28. The monoisotopic (exact) mass is 227 g/mol. The van der Waals surface area contributed by atoms with Gasteiger partial charge in [-0.15, -0.1) is 0 Å². The van der Waals surface area contributed by atoms with E-state index < -0.39 is 5.60 Å². The first-order valence-electron chi connectivity index (χ1n) is 5.47. The molecule has 1 aliphatic rings. The second kappa shape index (κ2) is 5.07. The Labute approximate surface area is 95.2 Å². The first-order valence-corrected chi connectivity index (χ1v) is 5.47. The Morgan fingerprint density at radius 3 is 2.44 bits per heavy atom. The van der Waals surface area contributed by atoms with E-state index in [0.717, 1.165) is 12.8 Å². The van der Waals surface area contributed by atoms with E-state index in [1.165, 1.54) is 0 Å². The molecular weight excluding hydrogens is 208 g/mol. The summed E-state index contributed by atoms with van der Waals surface area (Å²) in [5.41, 5.74) is 6.20. The molecule has 90 valence electrons. The van der Waals surface area contributed by atoms with Gasteiger partial charge in [0.2, 0.25) is 4.91 Å². The normalized spacial score (nSPS) is 17.8. The Balaban J connectivity index is 2.42. The molecule has 0 saturated carbocycles. The second-order valence-corrected chi connectivity index (χ2v) is 4.91. The molecule has 0 aromatic carbocycles. The Kier molecular flexibility index (Phi) is 4.01. The van der Waals surface area contributed by atoms with E-state index in [4.69, 9.17) is 10.3 Å². The van der Waals surface area contributed by atoms with Crippen LogP contribution in [0.5, 0.6) is 0 Å². The van der Waals surface area contributed by atoms with Crippen molar-refractivity contribution in [1.82, 2.24) is 9.81 Å². The third kappa shape index (κ3) is 3.98. The van der Waals surface area contributed by atoms with Crippen LogP contribution >= 0.6 is 0 Å². The number of carbonyl (C=O) groups is 1. The van der Waals surface area contributed by atoms with Crippen LogP contribution < -0.4 is 4.91 Å². The van der Waals surface area contributed by atoms with Gasteiger partial charge >= 0.3 is 6.09 Å². The summed E-state index contributed by atoms with van der Waals surface area (Å²) in [5, 5.41) is 3.76. The Hall–Kier alpha value is -1.42. The first kappa shape index (κ1) is 12.6. The van der Waals surface area contributed by atoms with E-state index in [0.29, 0.717) is 13.1 Å². The molecule has 0 unspecified atom stereocenters. The third-order valence-corrected chi connectivity index (χ3v) is 2.34. The van der Waals surface area contributed by atoms with Crippen LogP contribution in [0.25, 0.3) is 0 Å². The van der Waals surface area contributed by atoms with Crippen molar-refractivity contribution >= 4 is 6.09 Å². The minimum Gasteiger partial charge on any atom is -0.444 e. The zero-order chi connectivity index (χ0) is 12.2. The maximum atomic E-state index is 11.7. The van der Waals surface area contributed by atoms with Crippen molar-refractivity contribution in [1.29, 1.82) is 5.53 Å². The molecule has 6 heteroatoms. The highest BCUT2D eigenvalue weighted by atomic mass is 16.6. The fraction of sp³-hybridized carbons (Fsp3) is 0.900. The predicted octanol–water partition coefficient (Wildman–Crippen LogP) is 1.94. The Morgan fingerprint density at radius 1 is 1.44 bits per heavy atom. The maximum Gasteiger partial charge on any atom is 0.410 e. The summed E-state index contributed by atoms with van der Waals surface area (Å²) in [7, 11) is 0. The SMILES string of the molecule is CC(C)(C)OC(=O)N1CCC(N=[N+]=N)CC1. The number of hydrogen-bond donors (Lipinski definition) is 1. The van der Waals surface area contributed by atoms with Crippen molar-refractivity contribution in [3.05, 3.63) is 0 Å². The van der Waals surface area contributed by atoms with Gasteiger partial charge in [0.25, 0.3) is 0 Å². The van der Waals surface area contributed by atoms with Gasteiger partial charge in [-0.2, -0.15) is 0 Å². The van der Waals surface area contributed by atoms with Gasteiger partial charge in [0.1, 0.15) is 22.3 Å². The van der Waals surface area contributed by atoms with Crippen molar-refractivity contribution in [3.63, 3.8) is 0 Å². The van der Waals surface area contributed by atoms with Crippen LogP contribution in [0.3, 0.4) is 0 Å². The van der Waals surface area contributed by atoms with E-state index in [2.05, 4.69) is 10.0 Å². The minimum atomic E-state index is -0.450. The number of ether oxygens (including phenoxy) is 1. The fourth-order valence-electron chi connectivity index (χ4n) is 1.57. The number of amides is 1. The molecule has 6 nitrogen and oxygen atoms in total. The molecule has 0 aromatic rings. The Morgan fingerprint density at radius 2 is 2.00 bits per heavy atom. The van der Waals surface area contributed by atoms with E-state index in [9.17, 15) is 4.79 Å². The van der Waals surface area contributed by atoms with Gasteiger partial charge in [-0.05, 0) is 33.6 Å². The van der Waals surface area contributed by atoms with Crippen LogP contribution in [0.2, 0.25) is 0 Å². The highest BCUT2D eigenvalue weighted by molar-refractivity contribution is 5.68. The van der Waals surface area contributed by atoms with Crippen molar-refractivity contribution in [2.75, 3.05) is 13.1 Å². The van der Waals surface area contributed by atoms with Crippen molar-refractivity contribution in [3.8, 4) is 0 Å². The lowest BCUT2D eigenvalue weighted by Crippen LogP contribution is -2.42. The van der Waals surface area contributed by atoms with Crippen molar-refractivity contribution < 1.29 is 9.53 Å². The second-order valence-electron chi connectivity index (χ2n) is 4.91. The van der Waals surface area contributed by atoms with Gasteiger partial charge in [0.15, 0.2) is 0 Å². The highest BCUT2D eigenvalue weighted by Crippen LogP contribution is 2.16. The molecule has 1 heterocycles.